The molecule has 0 aromatic rings. The summed E-state index contributed by atoms with van der Waals surface area (Å²) in [6, 6.07) is 0. The summed E-state index contributed by atoms with van der Waals surface area (Å²) in [6.07, 6.45) is 15.0. The number of allylic oxidation sites excluding steroid dienone is 5. The summed E-state index contributed by atoms with van der Waals surface area (Å²) in [7, 11) is 14.8. The van der Waals surface area contributed by atoms with Crippen molar-refractivity contribution in [2.75, 3.05) is 0 Å². The summed E-state index contributed by atoms with van der Waals surface area (Å²) in [5.41, 5.74) is 5.40. The van der Waals surface area contributed by atoms with Gasteiger partial charge in [-0.3, -0.25) is 0 Å². The molecule has 0 radical (unpaired) electrons. The molecule has 1 N–H and O–H groups in total. The van der Waals surface area contributed by atoms with Crippen LogP contribution in [0.5, 0.6) is 0 Å². The van der Waals surface area contributed by atoms with Gasteiger partial charge in [-0.1, -0.05) is 63.1 Å². The zero-order valence-corrected chi connectivity index (χ0v) is 27.2. The van der Waals surface area contributed by atoms with Gasteiger partial charge in [-0.15, -0.1) is 0 Å². The third kappa shape index (κ3) is 8.33. The van der Waals surface area contributed by atoms with Crippen LogP contribution in [0.2, 0.25) is 0 Å². The van der Waals surface area contributed by atoms with Crippen molar-refractivity contribution in [3.63, 3.8) is 0 Å². The molecule has 0 aromatic carbocycles. The van der Waals surface area contributed by atoms with E-state index in [0.29, 0.717) is 16.7 Å². The number of halogens is 3. The summed E-state index contributed by atoms with van der Waals surface area (Å²) < 4.78 is 0. The van der Waals surface area contributed by atoms with Crippen LogP contribution in [0, 0.1) is 40.4 Å². The fourth-order valence-corrected chi connectivity index (χ4v) is 7.00. The van der Waals surface area contributed by atoms with Crippen molar-refractivity contribution < 1.29 is 18.1 Å². The Hall–Kier alpha value is 0.673. The van der Waals surface area contributed by atoms with Gasteiger partial charge in [0.2, 0.25) is 0 Å². The van der Waals surface area contributed by atoms with E-state index in [1.807, 2.05) is 13.8 Å². The van der Waals surface area contributed by atoms with Crippen LogP contribution in [-0.4, -0.2) is 10.7 Å². The average molecular weight is 636 g/mol. The van der Waals surface area contributed by atoms with Gasteiger partial charge in [-0.05, 0) is 119 Å². The van der Waals surface area contributed by atoms with Gasteiger partial charge in [0, 0.05) is 0 Å². The van der Waals surface area contributed by atoms with Crippen molar-refractivity contribution in [2.45, 2.75) is 112 Å². The summed E-state index contributed by atoms with van der Waals surface area (Å²) >= 11 is -1.66. The maximum absolute atomic E-state index is 9.70. The van der Waals surface area contributed by atoms with E-state index in [0.717, 1.165) is 42.9 Å². The second-order valence-electron chi connectivity index (χ2n) is 13.3. The predicted molar refractivity (Wildman–Crippen MR) is 152 cm³/mol. The van der Waals surface area contributed by atoms with Crippen molar-refractivity contribution in [2.24, 2.45) is 40.4 Å². The van der Waals surface area contributed by atoms with E-state index in [-0.39, 0.29) is 0 Å². The van der Waals surface area contributed by atoms with Crippen LogP contribution in [0.1, 0.15) is 107 Å². The van der Waals surface area contributed by atoms with Gasteiger partial charge in [-0.2, -0.15) is 0 Å². The quantitative estimate of drug-likeness (QED) is 0.225. The molecule has 5 heteroatoms. The minimum absolute atomic E-state index is 0.464. The third-order valence-corrected chi connectivity index (χ3v) is 10.2. The van der Waals surface area contributed by atoms with Gasteiger partial charge in [0.05, 0.1) is 5.60 Å². The van der Waals surface area contributed by atoms with E-state index in [4.69, 9.17) is 29.1 Å². The molecular formula is C30H50Cl3ORh. The Morgan fingerprint density at radius 1 is 0.886 bits per heavy atom. The van der Waals surface area contributed by atoms with Crippen LogP contribution in [0.15, 0.2) is 35.5 Å². The van der Waals surface area contributed by atoms with E-state index in [9.17, 15) is 5.11 Å². The Morgan fingerprint density at radius 3 is 1.71 bits per heavy atom. The van der Waals surface area contributed by atoms with E-state index in [1.165, 1.54) is 43.3 Å². The molecule has 4 bridgehead atoms. The Labute approximate surface area is 234 Å². The zero-order chi connectivity index (χ0) is 26.8. The first-order chi connectivity index (χ1) is 16.0. The number of aliphatic hydroxyl groups is 1. The summed E-state index contributed by atoms with van der Waals surface area (Å²) in [5, 5.41) is 9.70. The van der Waals surface area contributed by atoms with Crippen LogP contribution in [-0.2, 0) is 13.0 Å². The Bertz CT molecular complexity index is 783. The fraction of sp³-hybridized carbons (Fsp3) is 0.800. The molecule has 7 aliphatic rings. The van der Waals surface area contributed by atoms with E-state index in [2.05, 4.69) is 60.3 Å². The first-order valence-corrected chi connectivity index (χ1v) is 19.7. The van der Waals surface area contributed by atoms with Gasteiger partial charge in [-0.25, -0.2) is 0 Å². The Morgan fingerprint density at radius 2 is 1.43 bits per heavy atom. The molecular weight excluding hydrogens is 586 g/mol. The van der Waals surface area contributed by atoms with Crippen molar-refractivity contribution in [3.8, 4) is 0 Å². The van der Waals surface area contributed by atoms with Gasteiger partial charge in [0.15, 0.2) is 0 Å². The van der Waals surface area contributed by atoms with Crippen LogP contribution in [0.3, 0.4) is 0 Å². The number of hydrogen-bond donors (Lipinski definition) is 1. The molecule has 0 amide bonds. The molecule has 7 aliphatic carbocycles. The summed E-state index contributed by atoms with van der Waals surface area (Å²) in [6.45, 7) is 22.0. The average Bonchev–Trinajstić information content (AvgIpc) is 2.73. The molecule has 7 rings (SSSR count). The molecule has 4 saturated carbocycles. The topological polar surface area (TPSA) is 20.2 Å². The normalized spacial score (nSPS) is 33.9. The van der Waals surface area contributed by atoms with Crippen LogP contribution < -0.4 is 0 Å². The van der Waals surface area contributed by atoms with Crippen LogP contribution >= 0.6 is 29.1 Å². The first kappa shape index (κ1) is 31.9. The molecule has 4 fully saturated rings. The first-order valence-electron chi connectivity index (χ1n) is 13.3. The Kier molecular flexibility index (Phi) is 11.6. The van der Waals surface area contributed by atoms with Gasteiger partial charge in [0.25, 0.3) is 0 Å². The molecule has 0 heterocycles. The Balaban J connectivity index is 0.000000172. The molecule has 1 nitrogen and oxygen atoms in total. The monoisotopic (exact) mass is 634 g/mol. The minimum atomic E-state index is -1.66. The van der Waals surface area contributed by atoms with Crippen molar-refractivity contribution in [3.05, 3.63) is 35.5 Å². The van der Waals surface area contributed by atoms with E-state index in [1.54, 1.807) is 5.57 Å². The predicted octanol–water partition coefficient (Wildman–Crippen LogP) is 10.6. The van der Waals surface area contributed by atoms with Gasteiger partial charge < -0.3 is 5.11 Å². The molecule has 0 saturated heterocycles. The second-order valence-corrected chi connectivity index (χ2v) is 20.8. The molecule has 35 heavy (non-hydrogen) atoms. The number of fused-ring (bicyclic) bond motifs is 3. The summed E-state index contributed by atoms with van der Waals surface area (Å²) in [5.74, 6) is 4.27. The van der Waals surface area contributed by atoms with Crippen molar-refractivity contribution in [1.82, 2.24) is 0 Å². The van der Waals surface area contributed by atoms with Crippen LogP contribution in [0.25, 0.3) is 0 Å². The molecule has 206 valence electrons. The maximum atomic E-state index is 9.70. The van der Waals surface area contributed by atoms with Gasteiger partial charge >= 0.3 is 42.1 Å². The molecule has 4 unspecified atom stereocenters. The van der Waals surface area contributed by atoms with Crippen molar-refractivity contribution >= 4 is 29.1 Å². The summed E-state index contributed by atoms with van der Waals surface area (Å²) in [4.78, 5) is 0. The van der Waals surface area contributed by atoms with E-state index < -0.39 is 18.6 Å². The number of rotatable bonds is 1. The second kappa shape index (κ2) is 12.7. The molecule has 5 atom stereocenters. The molecule has 0 aromatic heterocycles. The molecule has 0 aliphatic heterocycles. The van der Waals surface area contributed by atoms with Gasteiger partial charge in [0.1, 0.15) is 0 Å². The third-order valence-electron chi connectivity index (χ3n) is 10.2. The zero-order valence-electron chi connectivity index (χ0n) is 23.3. The SMILES string of the molecule is C=C1CCC2CC1C2(C)C.CC1=CCC2CC1C2(C)C.CC1=CC[C@H](C(C)(C)O)CC1.[Cl][Rh]([Cl])[Cl]. The fourth-order valence-electron chi connectivity index (χ4n) is 7.00. The standard InChI is InChI=1S/C10H18O.2C10H16.3ClH.Rh/c1-8-4-6-9(7-5-8)10(2,3)11;2*1-7-4-5-8-6-9(7)10(8,2)3;;;;/h4,9,11H,5-7H2,1-3H3;4,8-9H,5-6H2,1-3H3;8-9H,1,4-6H2,2-3H3;3*1H;/q;;;;;;+3/p-3/t9-;;;;;;/m0....../s1. The number of hydrogen-bond acceptors (Lipinski definition) is 1. The van der Waals surface area contributed by atoms with Crippen molar-refractivity contribution in [1.29, 1.82) is 0 Å². The van der Waals surface area contributed by atoms with Crippen LogP contribution in [0.4, 0.5) is 0 Å². The van der Waals surface area contributed by atoms with E-state index >= 15 is 0 Å². The molecule has 0 spiro atoms.